The molecule has 1 aliphatic rings. The summed E-state index contributed by atoms with van der Waals surface area (Å²) >= 11 is 0. The Bertz CT molecular complexity index is 803. The lowest BCUT2D eigenvalue weighted by atomic mass is 10.1. The second-order valence-corrected chi connectivity index (χ2v) is 5.60. The number of carbonyl (C=O) groups is 2. The van der Waals surface area contributed by atoms with Crippen LogP contribution in [0.1, 0.15) is 41.3 Å². The molecule has 2 amide bonds. The van der Waals surface area contributed by atoms with Crippen molar-refractivity contribution in [3.8, 4) is 11.4 Å². The summed E-state index contributed by atoms with van der Waals surface area (Å²) in [5.74, 6) is 0.288. The first-order chi connectivity index (χ1) is 11.6. The first-order valence-corrected chi connectivity index (χ1v) is 7.86. The van der Waals surface area contributed by atoms with Crippen LogP contribution >= 0.6 is 0 Å². The molecule has 0 spiro atoms. The van der Waals surface area contributed by atoms with Gasteiger partial charge in [0.25, 0.3) is 11.8 Å². The van der Waals surface area contributed by atoms with E-state index >= 15 is 0 Å². The quantitative estimate of drug-likeness (QED) is 0.928. The van der Waals surface area contributed by atoms with Crippen LogP contribution in [0.25, 0.3) is 5.69 Å². The van der Waals surface area contributed by atoms with Gasteiger partial charge in [0.15, 0.2) is 5.69 Å². The van der Waals surface area contributed by atoms with Crippen LogP contribution in [-0.4, -0.2) is 47.0 Å². The number of aromatic nitrogens is 2. The van der Waals surface area contributed by atoms with Crippen molar-refractivity contribution >= 4 is 11.8 Å². The standard InChI is InChI=1S/C17H20N4O3.H2/c1-4-7-20-9-14-15(16(22)18-2)19-10-21(14)13-6-5-11(24-3)8-12(13)17(20)23;/h5-6,8,10H,4,7,9H2,1-3H3,(H,18,22);1H. The summed E-state index contributed by atoms with van der Waals surface area (Å²) in [4.78, 5) is 31.0. The van der Waals surface area contributed by atoms with Gasteiger partial charge in [-0.15, -0.1) is 0 Å². The van der Waals surface area contributed by atoms with E-state index in [0.29, 0.717) is 41.5 Å². The number of hydrogen-bond acceptors (Lipinski definition) is 4. The van der Waals surface area contributed by atoms with Crippen molar-refractivity contribution in [1.29, 1.82) is 0 Å². The number of hydrogen-bond donors (Lipinski definition) is 1. The molecule has 1 aromatic carbocycles. The van der Waals surface area contributed by atoms with Gasteiger partial charge in [0.05, 0.1) is 30.6 Å². The fraction of sp³-hybridized carbons (Fsp3) is 0.353. The van der Waals surface area contributed by atoms with Crippen molar-refractivity contribution in [2.24, 2.45) is 0 Å². The van der Waals surface area contributed by atoms with Crippen molar-refractivity contribution < 1.29 is 15.8 Å². The van der Waals surface area contributed by atoms with Crippen molar-refractivity contribution in [2.75, 3.05) is 20.7 Å². The van der Waals surface area contributed by atoms with Gasteiger partial charge < -0.3 is 15.0 Å². The molecule has 1 aromatic heterocycles. The Balaban J connectivity index is 0.00000225. The zero-order valence-corrected chi connectivity index (χ0v) is 14.0. The first kappa shape index (κ1) is 16.0. The van der Waals surface area contributed by atoms with Crippen molar-refractivity contribution in [1.82, 2.24) is 19.8 Å². The van der Waals surface area contributed by atoms with Crippen LogP contribution in [0.3, 0.4) is 0 Å². The van der Waals surface area contributed by atoms with E-state index in [1.54, 1.807) is 37.5 Å². The smallest absolute Gasteiger partial charge is 0.271 e. The molecule has 128 valence electrons. The number of fused-ring (bicyclic) bond motifs is 3. The van der Waals surface area contributed by atoms with Gasteiger partial charge in [0.2, 0.25) is 0 Å². The summed E-state index contributed by atoms with van der Waals surface area (Å²) < 4.78 is 7.07. The van der Waals surface area contributed by atoms with Crippen molar-refractivity contribution in [3.05, 3.63) is 41.5 Å². The third-order valence-electron chi connectivity index (χ3n) is 4.12. The fourth-order valence-electron chi connectivity index (χ4n) is 2.94. The average molecular weight is 330 g/mol. The van der Waals surface area contributed by atoms with Gasteiger partial charge in [-0.2, -0.15) is 0 Å². The van der Waals surface area contributed by atoms with Gasteiger partial charge in [-0.3, -0.25) is 14.2 Å². The maximum absolute atomic E-state index is 12.9. The van der Waals surface area contributed by atoms with E-state index in [1.807, 2.05) is 17.6 Å². The monoisotopic (exact) mass is 330 g/mol. The van der Waals surface area contributed by atoms with Gasteiger partial charge in [0.1, 0.15) is 12.1 Å². The minimum Gasteiger partial charge on any atom is -0.497 e. The molecule has 0 saturated heterocycles. The van der Waals surface area contributed by atoms with Gasteiger partial charge in [-0.1, -0.05) is 6.92 Å². The molecule has 0 saturated carbocycles. The van der Waals surface area contributed by atoms with E-state index in [2.05, 4.69) is 10.3 Å². The summed E-state index contributed by atoms with van der Waals surface area (Å²) in [6.07, 6.45) is 2.42. The molecule has 0 bridgehead atoms. The van der Waals surface area contributed by atoms with E-state index < -0.39 is 0 Å². The van der Waals surface area contributed by atoms with Crippen LogP contribution in [0.4, 0.5) is 0 Å². The Hall–Kier alpha value is -2.83. The Morgan fingerprint density at radius 2 is 2.25 bits per heavy atom. The molecule has 7 nitrogen and oxygen atoms in total. The van der Waals surface area contributed by atoms with Crippen molar-refractivity contribution in [2.45, 2.75) is 19.9 Å². The van der Waals surface area contributed by atoms with Gasteiger partial charge >= 0.3 is 0 Å². The molecule has 24 heavy (non-hydrogen) atoms. The van der Waals surface area contributed by atoms with Gasteiger partial charge in [0, 0.05) is 15.0 Å². The van der Waals surface area contributed by atoms with Crippen LogP contribution in [0.2, 0.25) is 0 Å². The number of nitrogens with one attached hydrogen (secondary N) is 1. The molecule has 0 atom stereocenters. The molecular formula is C17H22N4O3. The second kappa shape index (κ2) is 6.35. The van der Waals surface area contributed by atoms with Crippen LogP contribution < -0.4 is 10.1 Å². The highest BCUT2D eigenvalue weighted by molar-refractivity contribution is 6.00. The zero-order chi connectivity index (χ0) is 17.3. The Morgan fingerprint density at radius 1 is 1.46 bits per heavy atom. The third-order valence-corrected chi connectivity index (χ3v) is 4.12. The van der Waals surface area contributed by atoms with E-state index in [-0.39, 0.29) is 13.2 Å². The van der Waals surface area contributed by atoms with E-state index in [1.165, 1.54) is 0 Å². The van der Waals surface area contributed by atoms with Gasteiger partial charge in [-0.05, 0) is 24.6 Å². The molecule has 2 aromatic rings. The Morgan fingerprint density at radius 3 is 2.92 bits per heavy atom. The lowest BCUT2D eigenvalue weighted by Gasteiger charge is -2.20. The topological polar surface area (TPSA) is 76.5 Å². The highest BCUT2D eigenvalue weighted by Gasteiger charge is 2.29. The Kier molecular flexibility index (Phi) is 4.24. The molecule has 0 aliphatic carbocycles. The highest BCUT2D eigenvalue weighted by Crippen LogP contribution is 2.29. The number of carbonyl (C=O) groups excluding carboxylic acids is 2. The van der Waals surface area contributed by atoms with Crippen LogP contribution in [-0.2, 0) is 6.54 Å². The van der Waals surface area contributed by atoms with E-state index in [4.69, 9.17) is 4.74 Å². The predicted molar refractivity (Wildman–Crippen MR) is 90.7 cm³/mol. The number of rotatable bonds is 4. The molecular weight excluding hydrogens is 308 g/mol. The van der Waals surface area contributed by atoms with Crippen LogP contribution in [0, 0.1) is 0 Å². The largest absolute Gasteiger partial charge is 0.497 e. The summed E-state index contributed by atoms with van der Waals surface area (Å²) in [5, 5.41) is 2.60. The second-order valence-electron chi connectivity index (χ2n) is 5.60. The first-order valence-electron chi connectivity index (χ1n) is 7.86. The van der Waals surface area contributed by atoms with Crippen LogP contribution in [0.5, 0.6) is 5.75 Å². The SMILES string of the molecule is CCCN1Cc2c(C(=O)NC)ncn2-c2ccc(OC)cc2C1=O.[HH]. The van der Waals surface area contributed by atoms with Crippen molar-refractivity contribution in [3.63, 3.8) is 0 Å². The molecule has 0 radical (unpaired) electrons. The van der Waals surface area contributed by atoms with E-state index in [0.717, 1.165) is 6.42 Å². The normalized spacial score (nSPS) is 13.1. The molecule has 2 heterocycles. The minimum atomic E-state index is -0.260. The summed E-state index contributed by atoms with van der Waals surface area (Å²) in [5.41, 5.74) is 2.30. The number of imidazole rings is 1. The molecule has 0 unspecified atom stereocenters. The zero-order valence-electron chi connectivity index (χ0n) is 14.0. The maximum Gasteiger partial charge on any atom is 0.271 e. The minimum absolute atomic E-state index is 0. The highest BCUT2D eigenvalue weighted by atomic mass is 16.5. The molecule has 0 fully saturated rings. The predicted octanol–water partition coefficient (Wildman–Crippen LogP) is 1.85. The number of ether oxygens (including phenoxy) is 1. The third kappa shape index (κ3) is 2.51. The van der Waals surface area contributed by atoms with E-state index in [9.17, 15) is 9.59 Å². The molecule has 1 aliphatic heterocycles. The number of nitrogens with zero attached hydrogens (tertiary/aromatic N) is 3. The maximum atomic E-state index is 12.9. The average Bonchev–Trinajstić information content (AvgIpc) is 2.98. The fourth-order valence-corrected chi connectivity index (χ4v) is 2.94. The Labute approximate surface area is 141 Å². The molecule has 1 N–H and O–H groups in total. The summed E-state index contributed by atoms with van der Waals surface area (Å²) in [7, 11) is 3.14. The van der Waals surface area contributed by atoms with Crippen LogP contribution in [0.15, 0.2) is 24.5 Å². The number of methoxy groups -OCH3 is 1. The summed E-state index contributed by atoms with van der Waals surface area (Å²) in [6, 6.07) is 5.35. The summed E-state index contributed by atoms with van der Waals surface area (Å²) in [6.45, 7) is 2.96. The number of amides is 2. The van der Waals surface area contributed by atoms with Gasteiger partial charge in [-0.25, -0.2) is 4.98 Å². The molecule has 3 rings (SSSR count). The molecule has 7 heteroatoms. The lowest BCUT2D eigenvalue weighted by Crippen LogP contribution is -2.31. The lowest BCUT2D eigenvalue weighted by molar-refractivity contribution is 0.0743. The number of benzene rings is 1.